The van der Waals surface area contributed by atoms with Gasteiger partial charge in [-0.2, -0.15) is 0 Å². The molecule has 2 unspecified atom stereocenters. The van der Waals surface area contributed by atoms with Crippen molar-refractivity contribution in [1.29, 1.82) is 0 Å². The summed E-state index contributed by atoms with van der Waals surface area (Å²) in [6, 6.07) is 8.35. The number of benzene rings is 1. The van der Waals surface area contributed by atoms with Gasteiger partial charge in [-0.1, -0.05) is 18.2 Å². The Balaban J connectivity index is 1.76. The summed E-state index contributed by atoms with van der Waals surface area (Å²) in [6.45, 7) is 0.614. The molecule has 7 nitrogen and oxygen atoms in total. The van der Waals surface area contributed by atoms with Crippen LogP contribution in [0.25, 0.3) is 0 Å². The van der Waals surface area contributed by atoms with Crippen LogP contribution in [-0.4, -0.2) is 48.1 Å². The molecule has 22 heavy (non-hydrogen) atoms. The summed E-state index contributed by atoms with van der Waals surface area (Å²) < 4.78 is 0. The molecule has 2 rings (SSSR count). The highest BCUT2D eigenvalue weighted by molar-refractivity contribution is 5.94. The molecule has 0 aromatic heterocycles. The average Bonchev–Trinajstić information content (AvgIpc) is 2.96. The van der Waals surface area contributed by atoms with Crippen LogP contribution in [0.4, 0.5) is 0 Å². The van der Waals surface area contributed by atoms with Crippen molar-refractivity contribution in [2.75, 3.05) is 13.1 Å². The Morgan fingerprint density at radius 1 is 1.23 bits per heavy atom. The summed E-state index contributed by atoms with van der Waals surface area (Å²) in [5.74, 6) is -1.36. The van der Waals surface area contributed by atoms with Gasteiger partial charge < -0.3 is 21.1 Å². The molecule has 1 aliphatic heterocycles. The lowest BCUT2D eigenvalue weighted by Gasteiger charge is -2.12. The van der Waals surface area contributed by atoms with Crippen LogP contribution in [0, 0.1) is 0 Å². The second kappa shape index (κ2) is 7.56. The quantitative estimate of drug-likeness (QED) is 0.579. The van der Waals surface area contributed by atoms with Gasteiger partial charge in [0.25, 0.3) is 5.91 Å². The summed E-state index contributed by atoms with van der Waals surface area (Å²) in [6.07, 6.45) is 0.379. The van der Waals surface area contributed by atoms with Crippen molar-refractivity contribution in [1.82, 2.24) is 16.0 Å². The van der Waals surface area contributed by atoms with E-state index in [2.05, 4.69) is 16.0 Å². The standard InChI is InChI=1S/C15H19N3O4/c19-13(20)6-7-16-15(22)12-8-11(9-17-12)18-14(21)10-4-2-1-3-5-10/h1-5,11-12,17H,6-9H2,(H,16,22)(H,18,21)(H,19,20). The first-order valence-electron chi connectivity index (χ1n) is 7.15. The number of aliphatic carboxylic acids is 1. The predicted octanol–water partition coefficient (Wildman–Crippen LogP) is -0.262. The zero-order chi connectivity index (χ0) is 15.9. The number of amides is 2. The summed E-state index contributed by atoms with van der Waals surface area (Å²) in [5, 5.41) is 17.0. The van der Waals surface area contributed by atoms with E-state index in [-0.39, 0.29) is 30.8 Å². The van der Waals surface area contributed by atoms with Gasteiger partial charge in [0, 0.05) is 24.7 Å². The molecule has 4 N–H and O–H groups in total. The monoisotopic (exact) mass is 305 g/mol. The largest absolute Gasteiger partial charge is 0.481 e. The molecule has 118 valence electrons. The molecule has 1 saturated heterocycles. The van der Waals surface area contributed by atoms with Crippen molar-refractivity contribution >= 4 is 17.8 Å². The van der Waals surface area contributed by atoms with E-state index < -0.39 is 12.0 Å². The van der Waals surface area contributed by atoms with E-state index >= 15 is 0 Å². The third-order valence-corrected chi connectivity index (χ3v) is 3.46. The third-order valence-electron chi connectivity index (χ3n) is 3.46. The molecule has 1 aliphatic rings. The lowest BCUT2D eigenvalue weighted by atomic mass is 10.1. The third kappa shape index (κ3) is 4.56. The van der Waals surface area contributed by atoms with Gasteiger partial charge in [0.1, 0.15) is 0 Å². The van der Waals surface area contributed by atoms with E-state index in [1.54, 1.807) is 24.3 Å². The number of hydrogen-bond acceptors (Lipinski definition) is 4. The number of rotatable bonds is 6. The zero-order valence-electron chi connectivity index (χ0n) is 12.0. The highest BCUT2D eigenvalue weighted by Crippen LogP contribution is 2.08. The fourth-order valence-corrected chi connectivity index (χ4v) is 2.32. The highest BCUT2D eigenvalue weighted by atomic mass is 16.4. The minimum absolute atomic E-state index is 0.105. The van der Waals surface area contributed by atoms with Crippen LogP contribution in [0.5, 0.6) is 0 Å². The Labute approximate surface area is 128 Å². The van der Waals surface area contributed by atoms with Crippen LogP contribution in [0.2, 0.25) is 0 Å². The zero-order valence-corrected chi connectivity index (χ0v) is 12.0. The second-order valence-electron chi connectivity index (χ2n) is 5.17. The predicted molar refractivity (Wildman–Crippen MR) is 79.4 cm³/mol. The number of hydrogen-bond donors (Lipinski definition) is 4. The Kier molecular flexibility index (Phi) is 5.48. The van der Waals surface area contributed by atoms with E-state index in [0.717, 1.165) is 0 Å². The maximum Gasteiger partial charge on any atom is 0.305 e. The molecule has 0 saturated carbocycles. The topological polar surface area (TPSA) is 108 Å². The Hall–Kier alpha value is -2.41. The Bertz CT molecular complexity index is 547. The van der Waals surface area contributed by atoms with E-state index in [0.29, 0.717) is 18.5 Å². The van der Waals surface area contributed by atoms with Gasteiger partial charge in [0.05, 0.1) is 12.5 Å². The molecule has 0 aliphatic carbocycles. The summed E-state index contributed by atoms with van der Waals surface area (Å²) in [5.41, 5.74) is 0.580. The highest BCUT2D eigenvalue weighted by Gasteiger charge is 2.30. The lowest BCUT2D eigenvalue weighted by molar-refractivity contribution is -0.137. The molecular formula is C15H19N3O4. The number of carbonyl (C=O) groups is 3. The van der Waals surface area contributed by atoms with E-state index in [9.17, 15) is 14.4 Å². The van der Waals surface area contributed by atoms with Gasteiger partial charge in [0.15, 0.2) is 0 Å². The molecule has 1 aromatic carbocycles. The lowest BCUT2D eigenvalue weighted by Crippen LogP contribution is -2.41. The van der Waals surface area contributed by atoms with E-state index in [1.807, 2.05) is 6.07 Å². The molecule has 1 fully saturated rings. The van der Waals surface area contributed by atoms with Crippen LogP contribution >= 0.6 is 0 Å². The van der Waals surface area contributed by atoms with Crippen molar-refractivity contribution in [3.63, 3.8) is 0 Å². The Morgan fingerprint density at radius 3 is 2.64 bits per heavy atom. The van der Waals surface area contributed by atoms with Gasteiger partial charge in [-0.15, -0.1) is 0 Å². The second-order valence-corrected chi connectivity index (χ2v) is 5.17. The number of carboxylic acid groups (broad SMARTS) is 1. The number of nitrogens with one attached hydrogen (secondary N) is 3. The van der Waals surface area contributed by atoms with Crippen molar-refractivity contribution in [3.8, 4) is 0 Å². The van der Waals surface area contributed by atoms with Gasteiger partial charge in [-0.3, -0.25) is 14.4 Å². The molecule has 1 aromatic rings. The van der Waals surface area contributed by atoms with E-state index in [1.165, 1.54) is 0 Å². The van der Waals surface area contributed by atoms with Gasteiger partial charge >= 0.3 is 5.97 Å². The van der Waals surface area contributed by atoms with Crippen LogP contribution in [-0.2, 0) is 9.59 Å². The van der Waals surface area contributed by atoms with Crippen LogP contribution in [0.3, 0.4) is 0 Å². The van der Waals surface area contributed by atoms with E-state index in [4.69, 9.17) is 5.11 Å². The van der Waals surface area contributed by atoms with Gasteiger partial charge in [-0.05, 0) is 18.6 Å². The maximum atomic E-state index is 12.0. The molecule has 0 bridgehead atoms. The molecule has 2 atom stereocenters. The van der Waals surface area contributed by atoms with Crippen molar-refractivity contribution < 1.29 is 19.5 Å². The number of carbonyl (C=O) groups excluding carboxylic acids is 2. The van der Waals surface area contributed by atoms with Crippen LogP contribution in [0.15, 0.2) is 30.3 Å². The SMILES string of the molecule is O=C(O)CCNC(=O)C1CC(NC(=O)c2ccccc2)CN1. The number of carboxylic acids is 1. The normalized spacial score (nSPS) is 20.4. The smallest absolute Gasteiger partial charge is 0.305 e. The first kappa shape index (κ1) is 16.0. The molecule has 7 heteroatoms. The molecule has 2 amide bonds. The molecule has 0 radical (unpaired) electrons. The minimum Gasteiger partial charge on any atom is -0.481 e. The first-order valence-corrected chi connectivity index (χ1v) is 7.15. The fourth-order valence-electron chi connectivity index (χ4n) is 2.32. The van der Waals surface area contributed by atoms with Crippen molar-refractivity contribution in [2.45, 2.75) is 24.9 Å². The maximum absolute atomic E-state index is 12.0. The summed E-state index contributed by atoms with van der Waals surface area (Å²) >= 11 is 0. The van der Waals surface area contributed by atoms with Crippen LogP contribution < -0.4 is 16.0 Å². The van der Waals surface area contributed by atoms with Crippen LogP contribution in [0.1, 0.15) is 23.2 Å². The summed E-state index contributed by atoms with van der Waals surface area (Å²) in [4.78, 5) is 34.3. The minimum atomic E-state index is -0.951. The fraction of sp³-hybridized carbons (Fsp3) is 0.400. The van der Waals surface area contributed by atoms with Crippen molar-refractivity contribution in [2.24, 2.45) is 0 Å². The molecule has 0 spiro atoms. The van der Waals surface area contributed by atoms with Crippen molar-refractivity contribution in [3.05, 3.63) is 35.9 Å². The summed E-state index contributed by atoms with van der Waals surface area (Å²) in [7, 11) is 0. The Morgan fingerprint density at radius 2 is 1.95 bits per heavy atom. The molecule has 1 heterocycles. The van der Waals surface area contributed by atoms with Gasteiger partial charge in [-0.25, -0.2) is 0 Å². The first-order chi connectivity index (χ1) is 10.6. The average molecular weight is 305 g/mol. The van der Waals surface area contributed by atoms with Gasteiger partial charge in [0.2, 0.25) is 5.91 Å². The molecular weight excluding hydrogens is 286 g/mol.